The highest BCUT2D eigenvalue weighted by molar-refractivity contribution is 6.92. The Labute approximate surface area is 639 Å². The smallest absolute Gasteiger partial charge is 0.377 e. The van der Waals surface area contributed by atoms with Crippen molar-refractivity contribution in [3.05, 3.63) is 60.2 Å². The quantitative estimate of drug-likeness (QED) is 0.0389. The maximum absolute atomic E-state index is 5.54. The lowest BCUT2D eigenvalue weighted by molar-refractivity contribution is 0.120. The van der Waals surface area contributed by atoms with Gasteiger partial charge < -0.3 is 49.9 Å². The first-order valence-electron chi connectivity index (χ1n) is 43.0. The standard InChI is InChI=1S/C57H112Si2.C11H22O4Si.C11H18O3Si.C7H19NO3Si/c1-7-10-13-16-19-22-25-28-31-34-37-40-43-46-53-59(57-51-49-56(50-52-57)58(4,5)6,54-47-44-41-38-35-32-29-26-23-20-17-14-11-8-2)55-48-45-42-39-36-33-30-27-24-21-18-15-12-9-3;1-12-16(13-2,14-3)7-6-9-4-5-10-11(8-9)15-10;1-12-15(13-2,14-3)10-9-11-7-5-4-6-8-11;1-8-6-5-7-12(9-2,10-3)11-4/h49-52H,7-48,53-55H2,1-6H3;9-11H,4-8H2,1-3H3;4-8H,9-10H2,1-3H3;8H,5-7H2,1-4H3. The largest absolute Gasteiger partial charge is 0.500 e. The zero-order valence-corrected chi connectivity index (χ0v) is 75.4. The molecule has 0 amide bonds. The second kappa shape index (κ2) is 65.9. The van der Waals surface area contributed by atoms with Gasteiger partial charge in [0.1, 0.15) is 0 Å². The third-order valence-electron chi connectivity index (χ3n) is 22.6. The molecule has 11 nitrogen and oxygen atoms in total. The molecule has 1 aliphatic carbocycles. The molecule has 1 heterocycles. The maximum atomic E-state index is 5.54. The van der Waals surface area contributed by atoms with Gasteiger partial charge in [-0.05, 0) is 63.6 Å². The van der Waals surface area contributed by atoms with Crippen molar-refractivity contribution in [2.45, 2.75) is 397 Å². The maximum Gasteiger partial charge on any atom is 0.500 e. The van der Waals surface area contributed by atoms with E-state index in [0.717, 1.165) is 49.9 Å². The third kappa shape index (κ3) is 48.6. The van der Waals surface area contributed by atoms with Crippen molar-refractivity contribution in [1.82, 2.24) is 5.32 Å². The molecule has 4 rings (SSSR count). The summed E-state index contributed by atoms with van der Waals surface area (Å²) in [4.78, 5) is 0. The molecule has 2 fully saturated rings. The molecule has 3 unspecified atom stereocenters. The van der Waals surface area contributed by atoms with Crippen LogP contribution in [0.3, 0.4) is 0 Å². The Balaban J connectivity index is 0.000000951. The van der Waals surface area contributed by atoms with E-state index in [2.05, 4.69) is 82.1 Å². The third-order valence-corrected chi connectivity index (χ3v) is 38.5. The molecule has 0 bridgehead atoms. The molecule has 0 radical (unpaired) electrons. The van der Waals surface area contributed by atoms with Gasteiger partial charge in [0.2, 0.25) is 0 Å². The average molecular weight is 1520 g/mol. The van der Waals surface area contributed by atoms with Crippen LogP contribution in [0.1, 0.15) is 328 Å². The molecule has 600 valence electrons. The van der Waals surface area contributed by atoms with Crippen LogP contribution >= 0.6 is 0 Å². The molecule has 1 saturated heterocycles. The normalized spacial score (nSPS) is 15.5. The highest BCUT2D eigenvalue weighted by Crippen LogP contribution is 2.42. The van der Waals surface area contributed by atoms with Crippen molar-refractivity contribution in [3.63, 3.8) is 0 Å². The number of hydrogen-bond acceptors (Lipinski definition) is 11. The minimum absolute atomic E-state index is 0.558. The zero-order chi connectivity index (χ0) is 75.0. The summed E-state index contributed by atoms with van der Waals surface area (Å²) in [7, 11) is 6.93. The number of ether oxygens (including phenoxy) is 1. The summed E-state index contributed by atoms with van der Waals surface area (Å²) in [6.07, 6.45) is 69.6. The van der Waals surface area contributed by atoms with E-state index >= 15 is 0 Å². The lowest BCUT2D eigenvalue weighted by atomic mass is 9.88. The molecule has 0 spiro atoms. The molecule has 2 aromatic carbocycles. The monoisotopic (exact) mass is 1520 g/mol. The van der Waals surface area contributed by atoms with Crippen LogP contribution in [0.15, 0.2) is 54.6 Å². The van der Waals surface area contributed by atoms with Gasteiger partial charge in [-0.3, -0.25) is 0 Å². The van der Waals surface area contributed by atoms with Crippen molar-refractivity contribution in [2.75, 3.05) is 77.6 Å². The molecule has 2 aromatic rings. The summed E-state index contributed by atoms with van der Waals surface area (Å²) in [5.41, 5.74) is 1.28. The molecule has 0 aromatic heterocycles. The predicted molar refractivity (Wildman–Crippen MR) is 454 cm³/mol. The van der Waals surface area contributed by atoms with E-state index in [1.54, 1.807) is 87.3 Å². The number of hydrogen-bond donors (Lipinski definition) is 1. The van der Waals surface area contributed by atoms with Gasteiger partial charge in [-0.25, -0.2) is 0 Å². The van der Waals surface area contributed by atoms with Crippen molar-refractivity contribution < 1.29 is 44.6 Å². The fourth-order valence-corrected chi connectivity index (χ4v) is 27.1. The predicted octanol–water partition coefficient (Wildman–Crippen LogP) is 24.7. The van der Waals surface area contributed by atoms with Crippen LogP contribution < -0.4 is 15.7 Å². The van der Waals surface area contributed by atoms with Gasteiger partial charge in [0.05, 0.1) is 28.4 Å². The lowest BCUT2D eigenvalue weighted by Crippen LogP contribution is -2.48. The van der Waals surface area contributed by atoms with Gasteiger partial charge in [-0.15, -0.1) is 0 Å². The highest BCUT2D eigenvalue weighted by Gasteiger charge is 2.46. The molecule has 2 aliphatic rings. The lowest BCUT2D eigenvalue weighted by Gasteiger charge is -2.34. The van der Waals surface area contributed by atoms with Crippen LogP contribution in [0.25, 0.3) is 0 Å². The molecule has 16 heteroatoms. The van der Waals surface area contributed by atoms with Gasteiger partial charge in [-0.1, -0.05) is 393 Å². The van der Waals surface area contributed by atoms with Crippen LogP contribution in [0, 0.1) is 5.92 Å². The van der Waals surface area contributed by atoms with Crippen molar-refractivity contribution in [3.8, 4) is 0 Å². The number of fused-ring (bicyclic) bond motifs is 1. The Bertz CT molecular complexity index is 1980. The van der Waals surface area contributed by atoms with E-state index in [9.17, 15) is 0 Å². The number of rotatable bonds is 66. The Morgan fingerprint density at radius 3 is 0.941 bits per heavy atom. The number of benzene rings is 2. The van der Waals surface area contributed by atoms with E-state index in [0.29, 0.717) is 12.2 Å². The number of aryl methyl sites for hydroxylation is 1. The van der Waals surface area contributed by atoms with Crippen LogP contribution in [0.2, 0.25) is 55.9 Å². The summed E-state index contributed by atoms with van der Waals surface area (Å²) in [6, 6.07) is 28.1. The second-order valence-electron chi connectivity index (χ2n) is 31.7. The highest BCUT2D eigenvalue weighted by atomic mass is 28.4. The minimum atomic E-state index is -2.40. The summed E-state index contributed by atoms with van der Waals surface area (Å²) < 4.78 is 53.6. The van der Waals surface area contributed by atoms with E-state index in [-0.39, 0.29) is 0 Å². The van der Waals surface area contributed by atoms with Crippen LogP contribution in [-0.2, 0) is 51.0 Å². The van der Waals surface area contributed by atoms with Crippen molar-refractivity contribution in [1.29, 1.82) is 0 Å². The number of nitrogens with one attached hydrogen (secondary N) is 1. The first-order valence-corrected chi connectivity index (χ1v) is 55.0. The van der Waals surface area contributed by atoms with Crippen LogP contribution in [-0.4, -0.2) is 132 Å². The first kappa shape index (κ1) is 99.1. The van der Waals surface area contributed by atoms with E-state index in [1.807, 2.05) is 30.4 Å². The molecule has 102 heavy (non-hydrogen) atoms. The Hall–Kier alpha value is -0.916. The molecular weight excluding hydrogens is 1350 g/mol. The zero-order valence-electron chi connectivity index (χ0n) is 70.4. The molecular formula is C86H171NO10Si5. The second-order valence-corrected chi connectivity index (χ2v) is 50.6. The fourth-order valence-electron chi connectivity index (χ4n) is 15.3. The van der Waals surface area contributed by atoms with Gasteiger partial charge in [0.25, 0.3) is 0 Å². The first-order chi connectivity index (χ1) is 49.6. The summed E-state index contributed by atoms with van der Waals surface area (Å²) in [5.74, 6) is 0.760. The topological polar surface area (TPSA) is 108 Å². The summed E-state index contributed by atoms with van der Waals surface area (Å²) in [5, 5.41) is 6.57. The average Bonchev–Trinajstić information content (AvgIpc) is 1.29. The summed E-state index contributed by atoms with van der Waals surface area (Å²) in [6.45, 7) is 15.5. The number of epoxide rings is 1. The molecule has 1 saturated carbocycles. The SMILES string of the molecule is CCCCCCCCCCCCCCCC[Si](CCCCCCCCCCCCCCCC)(CCCCCCCCCCCCCCCC)c1ccc([Si](C)(C)C)cc1.CNCCC[Si](OC)(OC)OC.CO[Si](CCC1CCC2OC2C1)(OC)OC.CO[Si](CCc1ccccc1)(OC)OC. The van der Waals surface area contributed by atoms with Crippen LogP contribution in [0.4, 0.5) is 0 Å². The Morgan fingerprint density at radius 1 is 0.333 bits per heavy atom. The van der Waals surface area contributed by atoms with Crippen molar-refractivity contribution in [2.24, 2.45) is 5.92 Å². The number of unbranched alkanes of at least 4 members (excludes halogenated alkanes) is 39. The van der Waals surface area contributed by atoms with E-state index < -0.39 is 42.6 Å². The van der Waals surface area contributed by atoms with Gasteiger partial charge >= 0.3 is 26.4 Å². The Kier molecular flexibility index (Phi) is 64.0. The van der Waals surface area contributed by atoms with Gasteiger partial charge in [-0.2, -0.15) is 0 Å². The van der Waals surface area contributed by atoms with E-state index in [4.69, 9.17) is 44.6 Å². The van der Waals surface area contributed by atoms with Crippen LogP contribution in [0.5, 0.6) is 0 Å². The van der Waals surface area contributed by atoms with Gasteiger partial charge in [0, 0.05) is 82.1 Å². The summed E-state index contributed by atoms with van der Waals surface area (Å²) >= 11 is 0. The van der Waals surface area contributed by atoms with Gasteiger partial charge in [0.15, 0.2) is 0 Å². The molecule has 3 atom stereocenters. The molecule has 1 aliphatic heterocycles. The van der Waals surface area contributed by atoms with E-state index in [1.165, 1.54) is 295 Å². The van der Waals surface area contributed by atoms with Crippen molar-refractivity contribution >= 4 is 52.9 Å². The minimum Gasteiger partial charge on any atom is -0.377 e. The Morgan fingerprint density at radius 2 is 0.637 bits per heavy atom. The molecule has 1 N–H and O–H groups in total. The fraction of sp³-hybridized carbons (Fsp3) is 0.860.